The molecule has 1 atom stereocenters. The Morgan fingerprint density at radius 1 is 1.33 bits per heavy atom. The molecule has 1 aliphatic rings. The summed E-state index contributed by atoms with van der Waals surface area (Å²) in [6.07, 6.45) is 8.34. The van der Waals surface area contributed by atoms with Gasteiger partial charge in [-0.1, -0.05) is 36.4 Å². The van der Waals surface area contributed by atoms with Gasteiger partial charge in [0, 0.05) is 19.7 Å². The molecule has 0 aliphatic heterocycles. The molecule has 0 aromatic heterocycles. The molecule has 21 heavy (non-hydrogen) atoms. The van der Waals surface area contributed by atoms with E-state index in [1.165, 1.54) is 4.91 Å². The number of carbonyl (C=O) groups is 1. The maximum absolute atomic E-state index is 12.6. The molecule has 1 unspecified atom stereocenters. The van der Waals surface area contributed by atoms with E-state index in [1.807, 2.05) is 24.3 Å². The van der Waals surface area contributed by atoms with Gasteiger partial charge in [-0.25, -0.2) is 0 Å². The highest BCUT2D eigenvalue weighted by atomic mass is 32.2. The van der Waals surface area contributed by atoms with Crippen molar-refractivity contribution in [2.24, 2.45) is 0 Å². The van der Waals surface area contributed by atoms with Crippen LogP contribution in [0, 0.1) is 0 Å². The van der Waals surface area contributed by atoms with Crippen molar-refractivity contribution in [3.8, 4) is 5.75 Å². The largest absolute Gasteiger partial charge is 0.496 e. The van der Waals surface area contributed by atoms with E-state index in [0.717, 1.165) is 24.2 Å². The highest BCUT2D eigenvalue weighted by Gasteiger charge is 2.27. The van der Waals surface area contributed by atoms with Crippen LogP contribution in [0.1, 0.15) is 23.7 Å². The minimum Gasteiger partial charge on any atom is -0.496 e. The molecule has 4 heteroatoms. The Bertz CT molecular complexity index is 564. The molecule has 0 saturated carbocycles. The molecule has 1 aliphatic carbocycles. The number of benzene rings is 1. The maximum atomic E-state index is 12.6. The standard InChI is InChI=1S/C17H21NO2S/c1-18(2)17(19)16(21-13-9-5-4-6-10-13)14-11-7-8-12-15(14)20-3/h4-5,7-9,11-12,16H,6,10H2,1-3H3. The predicted octanol–water partition coefficient (Wildman–Crippen LogP) is 3.79. The first-order valence-corrected chi connectivity index (χ1v) is 7.88. The summed E-state index contributed by atoms with van der Waals surface area (Å²) in [6, 6.07) is 7.74. The van der Waals surface area contributed by atoms with Gasteiger partial charge in [0.15, 0.2) is 0 Å². The third-order valence-corrected chi connectivity index (χ3v) is 4.67. The highest BCUT2D eigenvalue weighted by molar-refractivity contribution is 8.03. The average Bonchev–Trinajstić information content (AvgIpc) is 2.53. The lowest BCUT2D eigenvalue weighted by molar-refractivity contribution is -0.128. The number of ether oxygens (including phenoxy) is 1. The van der Waals surface area contributed by atoms with Gasteiger partial charge in [0.25, 0.3) is 0 Å². The van der Waals surface area contributed by atoms with Gasteiger partial charge in [-0.05, 0) is 23.8 Å². The first-order valence-electron chi connectivity index (χ1n) is 7.00. The van der Waals surface area contributed by atoms with Gasteiger partial charge in [0.2, 0.25) is 5.91 Å². The summed E-state index contributed by atoms with van der Waals surface area (Å²) < 4.78 is 5.43. The van der Waals surface area contributed by atoms with Crippen molar-refractivity contribution in [1.29, 1.82) is 0 Å². The van der Waals surface area contributed by atoms with Gasteiger partial charge < -0.3 is 9.64 Å². The molecule has 0 spiro atoms. The fourth-order valence-electron chi connectivity index (χ4n) is 2.19. The van der Waals surface area contributed by atoms with E-state index in [9.17, 15) is 4.79 Å². The summed E-state index contributed by atoms with van der Waals surface area (Å²) in [5, 5.41) is -0.270. The Morgan fingerprint density at radius 3 is 2.71 bits per heavy atom. The maximum Gasteiger partial charge on any atom is 0.240 e. The summed E-state index contributed by atoms with van der Waals surface area (Å²) in [5.74, 6) is 0.845. The van der Waals surface area contributed by atoms with Crippen molar-refractivity contribution in [3.63, 3.8) is 0 Å². The van der Waals surface area contributed by atoms with E-state index < -0.39 is 0 Å². The lowest BCUT2D eigenvalue weighted by atomic mass is 10.1. The fourth-order valence-corrected chi connectivity index (χ4v) is 3.52. The van der Waals surface area contributed by atoms with Gasteiger partial charge in [0.1, 0.15) is 11.0 Å². The Morgan fingerprint density at radius 2 is 2.10 bits per heavy atom. The van der Waals surface area contributed by atoms with Crippen LogP contribution < -0.4 is 4.74 Å². The topological polar surface area (TPSA) is 29.5 Å². The predicted molar refractivity (Wildman–Crippen MR) is 88.5 cm³/mol. The van der Waals surface area contributed by atoms with Crippen molar-refractivity contribution in [2.75, 3.05) is 21.2 Å². The minimum absolute atomic E-state index is 0.0833. The van der Waals surface area contributed by atoms with Crippen LogP contribution in [0.25, 0.3) is 0 Å². The number of thioether (sulfide) groups is 1. The zero-order valence-electron chi connectivity index (χ0n) is 12.7. The number of amides is 1. The number of hydrogen-bond acceptors (Lipinski definition) is 3. The van der Waals surface area contributed by atoms with E-state index in [0.29, 0.717) is 0 Å². The number of carbonyl (C=O) groups excluding carboxylic acids is 1. The number of likely N-dealkylation sites (N-methyl/N-ethyl adjacent to an activating group) is 1. The monoisotopic (exact) mass is 303 g/mol. The van der Waals surface area contributed by atoms with E-state index in [1.54, 1.807) is 37.9 Å². The summed E-state index contributed by atoms with van der Waals surface area (Å²) >= 11 is 1.62. The first kappa shape index (κ1) is 15.7. The van der Waals surface area contributed by atoms with Crippen molar-refractivity contribution >= 4 is 17.7 Å². The van der Waals surface area contributed by atoms with Crippen LogP contribution in [0.5, 0.6) is 5.75 Å². The van der Waals surface area contributed by atoms with Crippen LogP contribution in [-0.2, 0) is 4.79 Å². The summed E-state index contributed by atoms with van der Waals surface area (Å²) in [6.45, 7) is 0. The molecule has 0 bridgehead atoms. The molecule has 2 rings (SSSR count). The molecule has 0 heterocycles. The number of allylic oxidation sites excluding steroid dienone is 4. The molecule has 112 valence electrons. The second-order valence-corrected chi connectivity index (χ2v) is 6.30. The van der Waals surface area contributed by atoms with Crippen molar-refractivity contribution in [2.45, 2.75) is 18.1 Å². The first-order chi connectivity index (χ1) is 10.1. The number of para-hydroxylation sites is 1. The van der Waals surface area contributed by atoms with Gasteiger partial charge >= 0.3 is 0 Å². The third-order valence-electron chi connectivity index (χ3n) is 3.33. The minimum atomic E-state index is -0.270. The van der Waals surface area contributed by atoms with E-state index in [2.05, 4.69) is 18.2 Å². The van der Waals surface area contributed by atoms with Crippen LogP contribution in [0.15, 0.2) is 47.4 Å². The lowest BCUT2D eigenvalue weighted by Gasteiger charge is -2.23. The molecule has 0 radical (unpaired) electrons. The van der Waals surface area contributed by atoms with Crippen LogP contribution in [0.4, 0.5) is 0 Å². The van der Waals surface area contributed by atoms with E-state index in [-0.39, 0.29) is 11.2 Å². The molecule has 1 aromatic carbocycles. The smallest absolute Gasteiger partial charge is 0.240 e. The van der Waals surface area contributed by atoms with Crippen molar-refractivity contribution < 1.29 is 9.53 Å². The second kappa shape index (κ2) is 7.36. The molecule has 0 N–H and O–H groups in total. The number of nitrogens with zero attached hydrogens (tertiary/aromatic N) is 1. The normalized spacial score (nSPS) is 15.3. The zero-order valence-corrected chi connectivity index (χ0v) is 13.5. The summed E-state index contributed by atoms with van der Waals surface area (Å²) in [5.41, 5.74) is 0.930. The molecule has 1 amide bonds. The van der Waals surface area contributed by atoms with Gasteiger partial charge in [0.05, 0.1) is 7.11 Å². The van der Waals surface area contributed by atoms with Gasteiger partial charge in [-0.3, -0.25) is 4.79 Å². The Labute approximate surface area is 130 Å². The quantitative estimate of drug-likeness (QED) is 0.829. The van der Waals surface area contributed by atoms with E-state index >= 15 is 0 Å². The van der Waals surface area contributed by atoms with Gasteiger partial charge in [-0.15, -0.1) is 11.8 Å². The van der Waals surface area contributed by atoms with Crippen molar-refractivity contribution in [3.05, 3.63) is 53.0 Å². The molecule has 1 aromatic rings. The Hall–Kier alpha value is -1.68. The number of rotatable bonds is 5. The van der Waals surface area contributed by atoms with Crippen molar-refractivity contribution in [1.82, 2.24) is 4.90 Å². The SMILES string of the molecule is COc1ccccc1C(SC1=CC=CCC1)C(=O)N(C)C. The zero-order chi connectivity index (χ0) is 15.2. The molecule has 0 saturated heterocycles. The second-order valence-electron chi connectivity index (χ2n) is 5.07. The highest BCUT2D eigenvalue weighted by Crippen LogP contribution is 2.42. The van der Waals surface area contributed by atoms with Gasteiger partial charge in [-0.2, -0.15) is 0 Å². The van der Waals surface area contributed by atoms with E-state index in [4.69, 9.17) is 4.74 Å². The molecule has 0 fully saturated rings. The average molecular weight is 303 g/mol. The Balaban J connectivity index is 2.33. The summed E-state index contributed by atoms with van der Waals surface area (Å²) in [4.78, 5) is 15.5. The van der Waals surface area contributed by atoms with Crippen LogP contribution in [-0.4, -0.2) is 32.0 Å². The molecular weight excluding hydrogens is 282 g/mol. The molecular formula is C17H21NO2S. The van der Waals surface area contributed by atoms with Crippen LogP contribution in [0.2, 0.25) is 0 Å². The van der Waals surface area contributed by atoms with Crippen LogP contribution >= 0.6 is 11.8 Å². The number of methoxy groups -OCH3 is 1. The summed E-state index contributed by atoms with van der Waals surface area (Å²) in [7, 11) is 5.23. The Kier molecular flexibility index (Phi) is 5.51. The fraction of sp³-hybridized carbons (Fsp3) is 0.353. The molecule has 3 nitrogen and oxygen atoms in total. The number of hydrogen-bond donors (Lipinski definition) is 0. The van der Waals surface area contributed by atoms with Crippen LogP contribution in [0.3, 0.4) is 0 Å². The third kappa shape index (κ3) is 3.91. The lowest BCUT2D eigenvalue weighted by Crippen LogP contribution is -2.27.